The summed E-state index contributed by atoms with van der Waals surface area (Å²) < 4.78 is 5.28. The minimum Gasteiger partial charge on any atom is -0.496 e. The Morgan fingerprint density at radius 3 is 2.37 bits per heavy atom. The number of aryl methyl sites for hydroxylation is 2. The Hall–Kier alpha value is -1.96. The van der Waals surface area contributed by atoms with Gasteiger partial charge in [0, 0.05) is 11.7 Å². The van der Waals surface area contributed by atoms with Crippen molar-refractivity contribution in [1.82, 2.24) is 0 Å². The second kappa shape index (κ2) is 5.79. The van der Waals surface area contributed by atoms with Gasteiger partial charge in [-0.2, -0.15) is 0 Å². The van der Waals surface area contributed by atoms with Crippen molar-refractivity contribution in [2.24, 2.45) is 0 Å². The molecule has 0 aliphatic rings. The van der Waals surface area contributed by atoms with Crippen LogP contribution in [-0.4, -0.2) is 7.11 Å². The van der Waals surface area contributed by atoms with Gasteiger partial charge in [0.2, 0.25) is 0 Å². The van der Waals surface area contributed by atoms with Crippen LogP contribution < -0.4 is 10.1 Å². The molecule has 1 N–H and O–H groups in total. The Labute approximate surface area is 115 Å². The van der Waals surface area contributed by atoms with Gasteiger partial charge in [-0.25, -0.2) is 0 Å². The van der Waals surface area contributed by atoms with Crippen LogP contribution in [0.4, 0.5) is 5.69 Å². The summed E-state index contributed by atoms with van der Waals surface area (Å²) in [6.45, 7) is 6.39. The average Bonchev–Trinajstić information content (AvgIpc) is 2.39. The maximum Gasteiger partial charge on any atom is 0.121 e. The summed E-state index contributed by atoms with van der Waals surface area (Å²) in [5, 5.41) is 3.54. The van der Waals surface area contributed by atoms with Crippen LogP contribution in [0.25, 0.3) is 0 Å². The summed E-state index contributed by atoms with van der Waals surface area (Å²) in [4.78, 5) is 0. The van der Waals surface area contributed by atoms with Gasteiger partial charge >= 0.3 is 0 Å². The van der Waals surface area contributed by atoms with Crippen molar-refractivity contribution in [3.63, 3.8) is 0 Å². The number of ether oxygens (including phenoxy) is 1. The quantitative estimate of drug-likeness (QED) is 0.869. The Morgan fingerprint density at radius 2 is 1.74 bits per heavy atom. The van der Waals surface area contributed by atoms with Crippen molar-refractivity contribution < 1.29 is 4.74 Å². The predicted octanol–water partition coefficient (Wildman–Crippen LogP) is 4.49. The number of methoxy groups -OCH3 is 1. The maximum atomic E-state index is 5.28. The van der Waals surface area contributed by atoms with Crippen LogP contribution in [0.3, 0.4) is 0 Å². The molecule has 0 radical (unpaired) electrons. The fraction of sp³-hybridized carbons (Fsp3) is 0.294. The monoisotopic (exact) mass is 255 g/mol. The van der Waals surface area contributed by atoms with Gasteiger partial charge in [-0.1, -0.05) is 24.3 Å². The number of benzene rings is 2. The third-order valence-corrected chi connectivity index (χ3v) is 3.43. The Balaban J connectivity index is 2.17. The SMILES string of the molecule is COc1ccc(NC(C)c2ccccc2C)cc1C. The minimum absolute atomic E-state index is 0.286. The molecule has 2 aromatic rings. The van der Waals surface area contributed by atoms with E-state index in [9.17, 15) is 0 Å². The van der Waals surface area contributed by atoms with Crippen molar-refractivity contribution in [2.45, 2.75) is 26.8 Å². The molecule has 0 aromatic heterocycles. The van der Waals surface area contributed by atoms with Crippen LogP contribution in [0, 0.1) is 13.8 Å². The zero-order valence-corrected chi connectivity index (χ0v) is 12.0. The van der Waals surface area contributed by atoms with Gasteiger partial charge in [-0.3, -0.25) is 0 Å². The Bertz CT molecular complexity index is 563. The summed E-state index contributed by atoms with van der Waals surface area (Å²) >= 11 is 0. The third-order valence-electron chi connectivity index (χ3n) is 3.43. The van der Waals surface area contributed by atoms with Gasteiger partial charge in [0.05, 0.1) is 7.11 Å². The molecule has 0 aliphatic heterocycles. The van der Waals surface area contributed by atoms with Gasteiger partial charge in [0.1, 0.15) is 5.75 Å². The molecule has 0 aliphatic carbocycles. The van der Waals surface area contributed by atoms with E-state index in [0.29, 0.717) is 0 Å². The van der Waals surface area contributed by atoms with E-state index in [-0.39, 0.29) is 6.04 Å². The molecule has 2 nitrogen and oxygen atoms in total. The van der Waals surface area contributed by atoms with Crippen molar-refractivity contribution in [1.29, 1.82) is 0 Å². The van der Waals surface area contributed by atoms with Crippen molar-refractivity contribution in [3.05, 3.63) is 59.2 Å². The van der Waals surface area contributed by atoms with Crippen molar-refractivity contribution >= 4 is 5.69 Å². The van der Waals surface area contributed by atoms with Crippen LogP contribution in [0.5, 0.6) is 5.75 Å². The Morgan fingerprint density at radius 1 is 1.00 bits per heavy atom. The lowest BCUT2D eigenvalue weighted by Gasteiger charge is -2.18. The van der Waals surface area contributed by atoms with Crippen LogP contribution in [-0.2, 0) is 0 Å². The molecule has 0 fully saturated rings. The summed E-state index contributed by atoms with van der Waals surface area (Å²) in [5.41, 5.74) is 4.90. The summed E-state index contributed by atoms with van der Waals surface area (Å²) in [6, 6.07) is 14.9. The first kappa shape index (κ1) is 13.5. The maximum absolute atomic E-state index is 5.28. The lowest BCUT2D eigenvalue weighted by Crippen LogP contribution is -2.08. The third kappa shape index (κ3) is 3.08. The van der Waals surface area contributed by atoms with Crippen LogP contribution in [0.1, 0.15) is 29.7 Å². The number of anilines is 1. The van der Waals surface area contributed by atoms with Gasteiger partial charge in [0.25, 0.3) is 0 Å². The molecule has 2 rings (SSSR count). The minimum atomic E-state index is 0.286. The smallest absolute Gasteiger partial charge is 0.121 e. The molecule has 0 spiro atoms. The number of hydrogen-bond donors (Lipinski definition) is 1. The van der Waals surface area contributed by atoms with E-state index in [2.05, 4.69) is 62.5 Å². The molecule has 2 heteroatoms. The van der Waals surface area contributed by atoms with E-state index in [1.54, 1.807) is 7.11 Å². The van der Waals surface area contributed by atoms with Gasteiger partial charge in [0.15, 0.2) is 0 Å². The highest BCUT2D eigenvalue weighted by atomic mass is 16.5. The average molecular weight is 255 g/mol. The zero-order chi connectivity index (χ0) is 13.8. The molecule has 2 aromatic carbocycles. The standard InChI is InChI=1S/C17H21NO/c1-12-7-5-6-8-16(12)14(3)18-15-9-10-17(19-4)13(2)11-15/h5-11,14,18H,1-4H3. The lowest BCUT2D eigenvalue weighted by molar-refractivity contribution is 0.412. The van der Waals surface area contributed by atoms with Crippen molar-refractivity contribution in [3.8, 4) is 5.75 Å². The second-order valence-corrected chi connectivity index (χ2v) is 4.91. The molecular formula is C17H21NO. The Kier molecular flexibility index (Phi) is 4.10. The van der Waals surface area contributed by atoms with Crippen LogP contribution in [0.2, 0.25) is 0 Å². The molecule has 19 heavy (non-hydrogen) atoms. The topological polar surface area (TPSA) is 21.3 Å². The normalized spacial score (nSPS) is 12.0. The zero-order valence-electron chi connectivity index (χ0n) is 12.0. The molecule has 100 valence electrons. The first-order valence-corrected chi connectivity index (χ1v) is 6.58. The highest BCUT2D eigenvalue weighted by Gasteiger charge is 2.08. The molecule has 1 atom stereocenters. The lowest BCUT2D eigenvalue weighted by atomic mass is 10.0. The van der Waals surface area contributed by atoms with Crippen LogP contribution in [0.15, 0.2) is 42.5 Å². The predicted molar refractivity (Wildman–Crippen MR) is 80.9 cm³/mol. The molecule has 0 bridgehead atoms. The van der Waals surface area contributed by atoms with Crippen molar-refractivity contribution in [2.75, 3.05) is 12.4 Å². The van der Waals surface area contributed by atoms with E-state index in [0.717, 1.165) is 17.0 Å². The summed E-state index contributed by atoms with van der Waals surface area (Å²) in [5.74, 6) is 0.925. The molecule has 0 heterocycles. The first-order chi connectivity index (χ1) is 9.11. The van der Waals surface area contributed by atoms with Gasteiger partial charge < -0.3 is 10.1 Å². The molecule has 0 amide bonds. The highest BCUT2D eigenvalue weighted by Crippen LogP contribution is 2.26. The van der Waals surface area contributed by atoms with E-state index in [1.807, 2.05) is 6.07 Å². The van der Waals surface area contributed by atoms with Gasteiger partial charge in [-0.15, -0.1) is 0 Å². The summed E-state index contributed by atoms with van der Waals surface area (Å²) in [7, 11) is 1.70. The number of nitrogens with one attached hydrogen (secondary N) is 1. The number of hydrogen-bond acceptors (Lipinski definition) is 2. The molecule has 1 unspecified atom stereocenters. The molecular weight excluding hydrogens is 234 g/mol. The summed E-state index contributed by atoms with van der Waals surface area (Å²) in [6.07, 6.45) is 0. The van der Waals surface area contributed by atoms with Crippen LogP contribution >= 0.6 is 0 Å². The molecule has 0 saturated carbocycles. The second-order valence-electron chi connectivity index (χ2n) is 4.91. The highest BCUT2D eigenvalue weighted by molar-refractivity contribution is 5.52. The van der Waals surface area contributed by atoms with E-state index >= 15 is 0 Å². The van der Waals surface area contributed by atoms with E-state index in [4.69, 9.17) is 4.74 Å². The fourth-order valence-electron chi connectivity index (χ4n) is 2.37. The number of rotatable bonds is 4. The van der Waals surface area contributed by atoms with Gasteiger partial charge in [-0.05, 0) is 55.7 Å². The largest absolute Gasteiger partial charge is 0.496 e. The van der Waals surface area contributed by atoms with E-state index in [1.165, 1.54) is 11.1 Å². The fourth-order valence-corrected chi connectivity index (χ4v) is 2.37. The molecule has 0 saturated heterocycles. The first-order valence-electron chi connectivity index (χ1n) is 6.58. The van der Waals surface area contributed by atoms with E-state index < -0.39 is 0 Å².